The van der Waals surface area contributed by atoms with E-state index in [4.69, 9.17) is 5.73 Å². The van der Waals surface area contributed by atoms with Gasteiger partial charge in [-0.25, -0.2) is 9.37 Å². The van der Waals surface area contributed by atoms with Crippen molar-refractivity contribution in [1.29, 1.82) is 0 Å². The quantitative estimate of drug-likeness (QED) is 0.661. The van der Waals surface area contributed by atoms with Gasteiger partial charge in [-0.15, -0.1) is 0 Å². The minimum atomic E-state index is -0.710. The van der Waals surface area contributed by atoms with Gasteiger partial charge in [-0.1, -0.05) is 7.43 Å². The molecule has 0 unspecified atom stereocenters. The SMILES string of the molecule is C.C[C@@H](N)c1nc(F)ccc1F. The molecule has 1 heterocycles. The van der Waals surface area contributed by atoms with Crippen LogP contribution in [0.5, 0.6) is 0 Å². The van der Waals surface area contributed by atoms with E-state index >= 15 is 0 Å². The van der Waals surface area contributed by atoms with Gasteiger partial charge in [-0.3, -0.25) is 0 Å². The first-order valence-electron chi connectivity index (χ1n) is 3.19. The van der Waals surface area contributed by atoms with Crippen LogP contribution in [-0.4, -0.2) is 4.98 Å². The van der Waals surface area contributed by atoms with Crippen LogP contribution in [0.15, 0.2) is 12.1 Å². The fourth-order valence-corrected chi connectivity index (χ4v) is 0.752. The molecule has 1 aromatic rings. The maximum Gasteiger partial charge on any atom is 0.213 e. The molecule has 0 aliphatic rings. The lowest BCUT2D eigenvalue weighted by atomic mass is 10.2. The zero-order valence-electron chi connectivity index (χ0n) is 6.01. The zero-order chi connectivity index (χ0) is 8.43. The van der Waals surface area contributed by atoms with E-state index < -0.39 is 17.8 Å². The van der Waals surface area contributed by atoms with E-state index in [0.717, 1.165) is 12.1 Å². The second-order valence-corrected chi connectivity index (χ2v) is 2.29. The molecule has 4 heteroatoms. The molecule has 0 aliphatic carbocycles. The number of pyridine rings is 1. The molecule has 0 bridgehead atoms. The van der Waals surface area contributed by atoms with Crippen LogP contribution < -0.4 is 5.73 Å². The molecule has 1 aromatic heterocycles. The Labute approximate surface area is 70.4 Å². The zero-order valence-corrected chi connectivity index (χ0v) is 6.01. The Morgan fingerprint density at radius 2 is 2.00 bits per heavy atom. The van der Waals surface area contributed by atoms with E-state index in [1.807, 2.05) is 0 Å². The van der Waals surface area contributed by atoms with Crippen molar-refractivity contribution >= 4 is 0 Å². The van der Waals surface area contributed by atoms with Crippen molar-refractivity contribution < 1.29 is 8.78 Å². The molecule has 0 spiro atoms. The lowest BCUT2D eigenvalue weighted by molar-refractivity contribution is 0.528. The molecule has 1 atom stereocenters. The Kier molecular flexibility index (Phi) is 3.76. The summed E-state index contributed by atoms with van der Waals surface area (Å²) in [7, 11) is 0. The highest BCUT2D eigenvalue weighted by Gasteiger charge is 2.08. The maximum absolute atomic E-state index is 12.7. The number of nitrogens with two attached hydrogens (primary N) is 1. The van der Waals surface area contributed by atoms with E-state index in [1.54, 1.807) is 6.92 Å². The summed E-state index contributed by atoms with van der Waals surface area (Å²) in [5.41, 5.74) is 5.28. The summed E-state index contributed by atoms with van der Waals surface area (Å²) in [6, 6.07) is 1.40. The van der Waals surface area contributed by atoms with Gasteiger partial charge >= 0.3 is 0 Å². The van der Waals surface area contributed by atoms with E-state index in [2.05, 4.69) is 4.98 Å². The molecule has 12 heavy (non-hydrogen) atoms. The number of rotatable bonds is 1. The third-order valence-electron chi connectivity index (χ3n) is 1.27. The first-order chi connectivity index (χ1) is 5.11. The molecule has 0 fully saturated rings. The summed E-state index contributed by atoms with van der Waals surface area (Å²) in [6.07, 6.45) is 0. The summed E-state index contributed by atoms with van der Waals surface area (Å²) < 4.78 is 25.1. The molecule has 2 nitrogen and oxygen atoms in total. The lowest BCUT2D eigenvalue weighted by Crippen LogP contribution is -2.10. The second-order valence-electron chi connectivity index (χ2n) is 2.29. The van der Waals surface area contributed by atoms with Crippen molar-refractivity contribution in [3.8, 4) is 0 Å². The van der Waals surface area contributed by atoms with Gasteiger partial charge in [0, 0.05) is 6.04 Å². The molecule has 0 amide bonds. The third-order valence-corrected chi connectivity index (χ3v) is 1.27. The van der Waals surface area contributed by atoms with E-state index in [0.29, 0.717) is 0 Å². The monoisotopic (exact) mass is 174 g/mol. The number of halogens is 2. The molecule has 1 rings (SSSR count). The Balaban J connectivity index is 0.00000121. The summed E-state index contributed by atoms with van der Waals surface area (Å²) in [4.78, 5) is 3.31. The van der Waals surface area contributed by atoms with Crippen molar-refractivity contribution in [3.05, 3.63) is 29.6 Å². The molecule has 0 saturated heterocycles. The lowest BCUT2D eigenvalue weighted by Gasteiger charge is -2.04. The van der Waals surface area contributed by atoms with Gasteiger partial charge in [0.2, 0.25) is 5.95 Å². The fourth-order valence-electron chi connectivity index (χ4n) is 0.752. The molecular formula is C8H12F2N2. The van der Waals surface area contributed by atoms with Crippen LogP contribution in [-0.2, 0) is 0 Å². The first kappa shape index (κ1) is 11.0. The Morgan fingerprint density at radius 1 is 1.42 bits per heavy atom. The molecule has 0 aliphatic heterocycles. The van der Waals surface area contributed by atoms with Crippen LogP contribution in [0.4, 0.5) is 8.78 Å². The summed E-state index contributed by atoms with van der Waals surface area (Å²) in [5.74, 6) is -1.28. The standard InChI is InChI=1S/C7H8F2N2.CH4/c1-4(10)7-5(8)2-3-6(9)11-7;/h2-4H,10H2,1H3;1H4/t4-;/m1./s1. The van der Waals surface area contributed by atoms with E-state index in [-0.39, 0.29) is 13.1 Å². The number of aromatic nitrogens is 1. The topological polar surface area (TPSA) is 38.9 Å². The summed E-state index contributed by atoms with van der Waals surface area (Å²) >= 11 is 0. The van der Waals surface area contributed by atoms with E-state index in [1.165, 1.54) is 0 Å². The Hall–Kier alpha value is -1.03. The van der Waals surface area contributed by atoms with Gasteiger partial charge in [0.15, 0.2) is 0 Å². The highest BCUT2D eigenvalue weighted by molar-refractivity contribution is 5.10. The second kappa shape index (κ2) is 4.11. The van der Waals surface area contributed by atoms with Gasteiger partial charge in [-0.2, -0.15) is 4.39 Å². The Morgan fingerprint density at radius 3 is 2.42 bits per heavy atom. The van der Waals surface area contributed by atoms with Gasteiger partial charge < -0.3 is 5.73 Å². The first-order valence-corrected chi connectivity index (χ1v) is 3.19. The van der Waals surface area contributed by atoms with Crippen molar-refractivity contribution in [2.75, 3.05) is 0 Å². The number of hydrogen-bond donors (Lipinski definition) is 1. The average molecular weight is 174 g/mol. The Bertz CT molecular complexity index is 261. The molecule has 0 saturated carbocycles. The van der Waals surface area contributed by atoms with Crippen molar-refractivity contribution in [1.82, 2.24) is 4.98 Å². The third kappa shape index (κ3) is 2.23. The van der Waals surface area contributed by atoms with Gasteiger partial charge in [0.1, 0.15) is 5.82 Å². The van der Waals surface area contributed by atoms with Crippen LogP contribution in [0, 0.1) is 11.8 Å². The fraction of sp³-hybridized carbons (Fsp3) is 0.375. The predicted octanol–water partition coefficient (Wildman–Crippen LogP) is 2.02. The molecular weight excluding hydrogens is 162 g/mol. The predicted molar refractivity (Wildman–Crippen MR) is 43.5 cm³/mol. The number of hydrogen-bond acceptors (Lipinski definition) is 2. The van der Waals surface area contributed by atoms with Crippen LogP contribution in [0.1, 0.15) is 26.1 Å². The van der Waals surface area contributed by atoms with Crippen LogP contribution in [0.25, 0.3) is 0 Å². The summed E-state index contributed by atoms with van der Waals surface area (Å²) in [6.45, 7) is 1.55. The largest absolute Gasteiger partial charge is 0.323 e. The van der Waals surface area contributed by atoms with Crippen molar-refractivity contribution in [2.45, 2.75) is 20.4 Å². The average Bonchev–Trinajstić information content (AvgIpc) is 1.94. The minimum Gasteiger partial charge on any atom is -0.323 e. The molecule has 0 aromatic carbocycles. The van der Waals surface area contributed by atoms with Crippen molar-refractivity contribution in [2.24, 2.45) is 5.73 Å². The summed E-state index contributed by atoms with van der Waals surface area (Å²) in [5, 5.41) is 0. The maximum atomic E-state index is 12.7. The normalized spacial score (nSPS) is 12.0. The highest BCUT2D eigenvalue weighted by Crippen LogP contribution is 2.11. The van der Waals surface area contributed by atoms with Gasteiger partial charge in [-0.05, 0) is 19.1 Å². The van der Waals surface area contributed by atoms with Crippen LogP contribution >= 0.6 is 0 Å². The van der Waals surface area contributed by atoms with Crippen LogP contribution in [0.2, 0.25) is 0 Å². The smallest absolute Gasteiger partial charge is 0.213 e. The van der Waals surface area contributed by atoms with Gasteiger partial charge in [0.25, 0.3) is 0 Å². The molecule has 2 N–H and O–H groups in total. The van der Waals surface area contributed by atoms with Gasteiger partial charge in [0.05, 0.1) is 5.69 Å². The molecule has 68 valence electrons. The van der Waals surface area contributed by atoms with Crippen LogP contribution in [0.3, 0.4) is 0 Å². The highest BCUT2D eigenvalue weighted by atomic mass is 19.1. The van der Waals surface area contributed by atoms with E-state index in [9.17, 15) is 8.78 Å². The van der Waals surface area contributed by atoms with Crippen molar-refractivity contribution in [3.63, 3.8) is 0 Å². The molecule has 0 radical (unpaired) electrons. The minimum absolute atomic E-state index is 0. The number of nitrogens with zero attached hydrogens (tertiary/aromatic N) is 1.